The zero-order valence-electron chi connectivity index (χ0n) is 21.8. The van der Waals surface area contributed by atoms with Gasteiger partial charge in [-0.2, -0.15) is 4.72 Å². The van der Waals surface area contributed by atoms with E-state index in [0.29, 0.717) is 44.5 Å². The molecular weight excluding hydrogens is 476 g/mol. The van der Waals surface area contributed by atoms with Crippen molar-refractivity contribution in [3.8, 4) is 0 Å². The molecule has 2 atom stereocenters. The van der Waals surface area contributed by atoms with Crippen molar-refractivity contribution in [3.63, 3.8) is 0 Å². The van der Waals surface area contributed by atoms with Crippen LogP contribution >= 0.6 is 0 Å². The van der Waals surface area contributed by atoms with E-state index in [0.717, 1.165) is 24.6 Å². The van der Waals surface area contributed by atoms with Crippen molar-refractivity contribution in [3.05, 3.63) is 36.5 Å². The highest BCUT2D eigenvalue weighted by Gasteiger charge is 2.35. The average molecular weight is 517 g/mol. The SMILES string of the molecule is CCCCCCCC(=O)N1CCN(C(=O)C(NS(=O)(=O)c2cccc3cccnc23)C(C)CC)CC1. The number of aromatic nitrogens is 1. The molecule has 3 rings (SSSR count). The van der Waals surface area contributed by atoms with Gasteiger partial charge in [0.25, 0.3) is 0 Å². The third kappa shape index (κ3) is 7.03. The molecule has 1 aliphatic heterocycles. The first-order valence-electron chi connectivity index (χ1n) is 13.2. The molecule has 2 amide bonds. The highest BCUT2D eigenvalue weighted by Crippen LogP contribution is 2.23. The first kappa shape index (κ1) is 28.1. The number of pyridine rings is 1. The number of hydrogen-bond donors (Lipinski definition) is 1. The summed E-state index contributed by atoms with van der Waals surface area (Å²) in [6.07, 6.45) is 8.26. The summed E-state index contributed by atoms with van der Waals surface area (Å²) in [6.45, 7) is 7.76. The molecule has 2 aromatic rings. The molecule has 1 N–H and O–H groups in total. The summed E-state index contributed by atoms with van der Waals surface area (Å²) in [6, 6.07) is 7.69. The third-order valence-electron chi connectivity index (χ3n) is 7.08. The molecule has 198 valence electrons. The Balaban J connectivity index is 1.65. The second-order valence-corrected chi connectivity index (χ2v) is 11.4. The zero-order chi connectivity index (χ0) is 26.1. The van der Waals surface area contributed by atoms with Gasteiger partial charge in [-0.05, 0) is 24.5 Å². The molecule has 0 spiro atoms. The molecule has 1 aliphatic rings. The normalized spacial score (nSPS) is 16.2. The van der Waals surface area contributed by atoms with Crippen molar-refractivity contribution in [1.82, 2.24) is 19.5 Å². The maximum atomic E-state index is 13.5. The molecule has 1 aromatic carbocycles. The number of para-hydroxylation sites is 1. The standard InChI is InChI=1S/C27H40N4O4S/c1-4-6-7-8-9-15-24(32)30-17-19-31(20-18-30)27(33)25(21(3)5-2)29-36(34,35)23-14-10-12-22-13-11-16-28-26(22)23/h10-14,16,21,25,29H,4-9,15,17-20H2,1-3H3. The number of sulfonamides is 1. The molecule has 36 heavy (non-hydrogen) atoms. The Hall–Kier alpha value is -2.52. The number of piperazine rings is 1. The van der Waals surface area contributed by atoms with Crippen LogP contribution in [0.4, 0.5) is 0 Å². The molecule has 1 aromatic heterocycles. The second-order valence-electron chi connectivity index (χ2n) is 9.69. The van der Waals surface area contributed by atoms with Gasteiger partial charge in [0.1, 0.15) is 10.9 Å². The predicted molar refractivity (Wildman–Crippen MR) is 142 cm³/mol. The molecule has 0 radical (unpaired) electrons. The lowest BCUT2D eigenvalue weighted by Gasteiger charge is -2.37. The number of amides is 2. The minimum absolute atomic E-state index is 0.0658. The van der Waals surface area contributed by atoms with E-state index in [2.05, 4.69) is 16.6 Å². The van der Waals surface area contributed by atoms with Gasteiger partial charge in [0.05, 0.1) is 5.52 Å². The maximum Gasteiger partial charge on any atom is 0.243 e. The van der Waals surface area contributed by atoms with E-state index in [1.54, 1.807) is 23.2 Å². The van der Waals surface area contributed by atoms with E-state index in [9.17, 15) is 18.0 Å². The van der Waals surface area contributed by atoms with Crippen molar-refractivity contribution in [1.29, 1.82) is 0 Å². The fraction of sp³-hybridized carbons (Fsp3) is 0.593. The van der Waals surface area contributed by atoms with Crippen LogP contribution in [0.5, 0.6) is 0 Å². The fourth-order valence-electron chi connectivity index (χ4n) is 4.58. The highest BCUT2D eigenvalue weighted by molar-refractivity contribution is 7.89. The molecular formula is C27H40N4O4S. The number of unbranched alkanes of at least 4 members (excludes halogenated alkanes) is 4. The monoisotopic (exact) mass is 516 g/mol. The van der Waals surface area contributed by atoms with Crippen molar-refractivity contribution in [2.45, 2.75) is 76.7 Å². The minimum atomic E-state index is -3.99. The lowest BCUT2D eigenvalue weighted by molar-refractivity contribution is -0.141. The second kappa shape index (κ2) is 13.1. The molecule has 2 heterocycles. The summed E-state index contributed by atoms with van der Waals surface area (Å²) in [7, 11) is -3.99. The Morgan fingerprint density at radius 2 is 1.64 bits per heavy atom. The van der Waals surface area contributed by atoms with E-state index in [-0.39, 0.29) is 22.6 Å². The van der Waals surface area contributed by atoms with E-state index < -0.39 is 16.1 Å². The van der Waals surface area contributed by atoms with Gasteiger partial charge < -0.3 is 9.80 Å². The Morgan fingerprint density at radius 1 is 0.972 bits per heavy atom. The fourth-order valence-corrected chi connectivity index (χ4v) is 6.06. The molecule has 0 aliphatic carbocycles. The predicted octanol–water partition coefficient (Wildman–Crippen LogP) is 3.96. The van der Waals surface area contributed by atoms with Gasteiger partial charge in [0.2, 0.25) is 21.8 Å². The first-order valence-corrected chi connectivity index (χ1v) is 14.7. The van der Waals surface area contributed by atoms with Crippen LogP contribution in [0.1, 0.15) is 65.7 Å². The Labute approximate surface area is 215 Å². The van der Waals surface area contributed by atoms with Gasteiger partial charge in [0, 0.05) is 44.2 Å². The summed E-state index contributed by atoms with van der Waals surface area (Å²) in [5.41, 5.74) is 0.379. The van der Waals surface area contributed by atoms with E-state index in [1.165, 1.54) is 18.9 Å². The molecule has 0 saturated carbocycles. The summed E-state index contributed by atoms with van der Waals surface area (Å²) >= 11 is 0. The average Bonchev–Trinajstić information content (AvgIpc) is 2.90. The topological polar surface area (TPSA) is 99.7 Å². The van der Waals surface area contributed by atoms with Gasteiger partial charge in [-0.1, -0.05) is 71.1 Å². The molecule has 2 unspecified atom stereocenters. The summed E-state index contributed by atoms with van der Waals surface area (Å²) < 4.78 is 29.5. The van der Waals surface area contributed by atoms with Crippen molar-refractivity contribution < 1.29 is 18.0 Å². The Kier molecular flexibility index (Phi) is 10.2. The summed E-state index contributed by atoms with van der Waals surface area (Å²) in [5.74, 6) is -0.299. The number of hydrogen-bond acceptors (Lipinski definition) is 5. The van der Waals surface area contributed by atoms with Gasteiger partial charge in [0.15, 0.2) is 0 Å². The lowest BCUT2D eigenvalue weighted by atomic mass is 9.98. The number of nitrogens with zero attached hydrogens (tertiary/aromatic N) is 3. The van der Waals surface area contributed by atoms with Crippen molar-refractivity contribution in [2.75, 3.05) is 26.2 Å². The van der Waals surface area contributed by atoms with E-state index in [4.69, 9.17) is 0 Å². The third-order valence-corrected chi connectivity index (χ3v) is 8.56. The van der Waals surface area contributed by atoms with Gasteiger partial charge >= 0.3 is 0 Å². The molecule has 1 saturated heterocycles. The summed E-state index contributed by atoms with van der Waals surface area (Å²) in [5, 5.41) is 0.720. The van der Waals surface area contributed by atoms with E-state index in [1.807, 2.05) is 30.9 Å². The van der Waals surface area contributed by atoms with Gasteiger partial charge in [-0.3, -0.25) is 14.6 Å². The molecule has 0 bridgehead atoms. The Bertz CT molecular complexity index is 1120. The van der Waals surface area contributed by atoms with Crippen LogP contribution in [-0.2, 0) is 19.6 Å². The quantitative estimate of drug-likeness (QED) is 0.431. The van der Waals surface area contributed by atoms with Crippen LogP contribution in [-0.4, -0.2) is 67.2 Å². The molecule has 8 nitrogen and oxygen atoms in total. The van der Waals surface area contributed by atoms with Crippen molar-refractivity contribution in [2.24, 2.45) is 5.92 Å². The van der Waals surface area contributed by atoms with E-state index >= 15 is 0 Å². The van der Waals surface area contributed by atoms with Crippen LogP contribution in [0, 0.1) is 5.92 Å². The molecule has 1 fully saturated rings. The lowest BCUT2D eigenvalue weighted by Crippen LogP contribution is -2.57. The number of rotatable bonds is 12. The minimum Gasteiger partial charge on any atom is -0.339 e. The first-order chi connectivity index (χ1) is 17.3. The zero-order valence-corrected chi connectivity index (χ0v) is 22.6. The van der Waals surface area contributed by atoms with Crippen LogP contribution in [0.2, 0.25) is 0 Å². The van der Waals surface area contributed by atoms with Gasteiger partial charge in [-0.25, -0.2) is 8.42 Å². The Morgan fingerprint density at radius 3 is 2.33 bits per heavy atom. The van der Waals surface area contributed by atoms with Gasteiger partial charge in [-0.15, -0.1) is 0 Å². The van der Waals surface area contributed by atoms with Crippen LogP contribution in [0.25, 0.3) is 10.9 Å². The number of carbonyl (C=O) groups excluding carboxylic acids is 2. The number of carbonyl (C=O) groups is 2. The van der Waals surface area contributed by atoms with Crippen LogP contribution in [0.15, 0.2) is 41.4 Å². The summed E-state index contributed by atoms with van der Waals surface area (Å²) in [4.78, 5) is 33.9. The maximum absolute atomic E-state index is 13.5. The largest absolute Gasteiger partial charge is 0.339 e. The van der Waals surface area contributed by atoms with Crippen LogP contribution < -0.4 is 4.72 Å². The number of fused-ring (bicyclic) bond motifs is 1. The highest BCUT2D eigenvalue weighted by atomic mass is 32.2. The van der Waals surface area contributed by atoms with Crippen molar-refractivity contribution >= 4 is 32.7 Å². The van der Waals surface area contributed by atoms with Crippen LogP contribution in [0.3, 0.4) is 0 Å². The molecule has 9 heteroatoms. The number of nitrogens with one attached hydrogen (secondary N) is 1. The smallest absolute Gasteiger partial charge is 0.243 e. The number of benzene rings is 1.